The Bertz CT molecular complexity index is 675. The standard InChI is InChI=1S/C18H26N2O2S.HI/c1-17(2)11-18(3)13-10-15(22-5)14(21-4)9-12(13)7-8-20(18)16(19-17)23-6;/h9-10H,7-8,11H2,1-6H3;1H. The van der Waals surface area contributed by atoms with Crippen LogP contribution in [0, 0.1) is 0 Å². The average Bonchev–Trinajstić information content (AvgIpc) is 2.51. The van der Waals surface area contributed by atoms with Crippen molar-refractivity contribution in [2.45, 2.75) is 44.7 Å². The van der Waals surface area contributed by atoms with E-state index in [1.54, 1.807) is 26.0 Å². The molecule has 1 aromatic carbocycles. The molecule has 1 N–H and O–H groups in total. The molecule has 1 unspecified atom stereocenters. The van der Waals surface area contributed by atoms with Gasteiger partial charge in [0.25, 0.3) is 0 Å². The molecule has 0 spiro atoms. The van der Waals surface area contributed by atoms with Crippen LogP contribution < -0.4 is 38.8 Å². The van der Waals surface area contributed by atoms with Gasteiger partial charge in [0.05, 0.1) is 20.8 Å². The number of thioether (sulfide) groups is 1. The zero-order valence-corrected chi connectivity index (χ0v) is 18.3. The van der Waals surface area contributed by atoms with Crippen molar-refractivity contribution in [3.05, 3.63) is 23.3 Å². The van der Waals surface area contributed by atoms with E-state index in [0.717, 1.165) is 30.9 Å². The van der Waals surface area contributed by atoms with Crippen LogP contribution >= 0.6 is 11.8 Å². The lowest BCUT2D eigenvalue weighted by molar-refractivity contribution is -0.625. The summed E-state index contributed by atoms with van der Waals surface area (Å²) < 4.78 is 13.6. The Morgan fingerprint density at radius 2 is 1.75 bits per heavy atom. The summed E-state index contributed by atoms with van der Waals surface area (Å²) >= 11 is 1.80. The fourth-order valence-corrected chi connectivity index (χ4v) is 5.08. The topological polar surface area (TPSA) is 33.5 Å². The number of halogens is 1. The molecule has 2 heterocycles. The summed E-state index contributed by atoms with van der Waals surface area (Å²) in [6.45, 7) is 7.94. The molecule has 3 rings (SSSR count). The first-order valence-corrected chi connectivity index (χ1v) is 9.29. The fraction of sp³-hybridized carbons (Fsp3) is 0.611. The summed E-state index contributed by atoms with van der Waals surface area (Å²) in [4.78, 5) is 0. The van der Waals surface area contributed by atoms with E-state index >= 15 is 0 Å². The highest BCUT2D eigenvalue weighted by Gasteiger charge is 2.50. The lowest BCUT2D eigenvalue weighted by atomic mass is 9.74. The molecule has 2 aliphatic rings. The highest BCUT2D eigenvalue weighted by atomic mass is 127. The van der Waals surface area contributed by atoms with Gasteiger partial charge < -0.3 is 33.5 Å². The molecule has 24 heavy (non-hydrogen) atoms. The maximum absolute atomic E-state index is 5.56. The smallest absolute Gasteiger partial charge is 0.307 e. The number of hydrogen-bond acceptors (Lipinski definition) is 4. The van der Waals surface area contributed by atoms with Crippen molar-refractivity contribution >= 4 is 16.9 Å². The second-order valence-corrected chi connectivity index (χ2v) is 8.03. The van der Waals surface area contributed by atoms with E-state index in [0.29, 0.717) is 0 Å². The number of hydrogen-bond donors (Lipinski definition) is 1. The van der Waals surface area contributed by atoms with Gasteiger partial charge in [-0.05, 0) is 56.5 Å². The van der Waals surface area contributed by atoms with Crippen LogP contribution in [-0.2, 0) is 12.0 Å². The SMILES string of the molecule is COc1cc2c(cc1OC)C1(C)CC(C)(C)NC(SC)=[N+]1CC2.[I-]. The van der Waals surface area contributed by atoms with Crippen molar-refractivity contribution in [1.29, 1.82) is 0 Å². The van der Waals surface area contributed by atoms with Gasteiger partial charge in [-0.15, -0.1) is 0 Å². The molecule has 1 atom stereocenters. The van der Waals surface area contributed by atoms with E-state index in [-0.39, 0.29) is 35.1 Å². The average molecular weight is 462 g/mol. The van der Waals surface area contributed by atoms with Crippen molar-refractivity contribution in [3.8, 4) is 11.5 Å². The van der Waals surface area contributed by atoms with Gasteiger partial charge in [0.2, 0.25) is 0 Å². The Morgan fingerprint density at radius 1 is 1.12 bits per heavy atom. The van der Waals surface area contributed by atoms with Crippen LogP contribution in [0.15, 0.2) is 12.1 Å². The predicted octanol–water partition coefficient (Wildman–Crippen LogP) is -0.0175. The first-order valence-electron chi connectivity index (χ1n) is 8.07. The summed E-state index contributed by atoms with van der Waals surface area (Å²) in [5, 5.41) is 4.97. The highest BCUT2D eigenvalue weighted by Crippen LogP contribution is 2.45. The molecule has 0 bridgehead atoms. The quantitative estimate of drug-likeness (QED) is 0.495. The number of benzene rings is 1. The maximum Gasteiger partial charge on any atom is 0.307 e. The third-order valence-corrected chi connectivity index (χ3v) is 5.77. The molecular formula is C18H27IN2O2S. The molecule has 0 saturated heterocycles. The third kappa shape index (κ3) is 3.11. The van der Waals surface area contributed by atoms with E-state index < -0.39 is 0 Å². The lowest BCUT2D eigenvalue weighted by Gasteiger charge is -2.45. The zero-order valence-electron chi connectivity index (χ0n) is 15.3. The molecule has 0 amide bonds. The first-order chi connectivity index (χ1) is 10.8. The van der Waals surface area contributed by atoms with Crippen LogP contribution in [0.5, 0.6) is 11.5 Å². The number of fused-ring (bicyclic) bond motifs is 3. The minimum absolute atomic E-state index is 0. The van der Waals surface area contributed by atoms with Gasteiger partial charge in [0.1, 0.15) is 11.1 Å². The van der Waals surface area contributed by atoms with Gasteiger partial charge in [0, 0.05) is 18.4 Å². The fourth-order valence-electron chi connectivity index (χ4n) is 4.19. The van der Waals surface area contributed by atoms with Crippen LogP contribution in [0.4, 0.5) is 0 Å². The van der Waals surface area contributed by atoms with Crippen LogP contribution in [0.1, 0.15) is 38.3 Å². The molecule has 1 aromatic rings. The van der Waals surface area contributed by atoms with Crippen molar-refractivity contribution < 1.29 is 38.0 Å². The Labute approximate surface area is 166 Å². The molecule has 2 aliphatic heterocycles. The number of nitrogens with one attached hydrogen (secondary N) is 1. The Morgan fingerprint density at radius 3 is 2.33 bits per heavy atom. The largest absolute Gasteiger partial charge is 1.00 e. The minimum Gasteiger partial charge on any atom is -1.00 e. The summed E-state index contributed by atoms with van der Waals surface area (Å²) in [7, 11) is 3.41. The van der Waals surface area contributed by atoms with Gasteiger partial charge in [-0.1, -0.05) is 0 Å². The highest BCUT2D eigenvalue weighted by molar-refractivity contribution is 8.13. The van der Waals surface area contributed by atoms with E-state index in [1.807, 2.05) is 0 Å². The minimum atomic E-state index is -0.0276. The number of rotatable bonds is 2. The second-order valence-electron chi connectivity index (χ2n) is 7.23. The van der Waals surface area contributed by atoms with Crippen LogP contribution in [0.25, 0.3) is 0 Å². The van der Waals surface area contributed by atoms with Crippen molar-refractivity contribution in [3.63, 3.8) is 0 Å². The monoisotopic (exact) mass is 462 g/mol. The van der Waals surface area contributed by atoms with Gasteiger partial charge in [-0.25, -0.2) is 4.58 Å². The molecule has 6 heteroatoms. The number of nitrogens with zero attached hydrogens (tertiary/aromatic N) is 1. The zero-order chi connectivity index (χ0) is 16.8. The van der Waals surface area contributed by atoms with Crippen molar-refractivity contribution in [1.82, 2.24) is 5.32 Å². The summed E-state index contributed by atoms with van der Waals surface area (Å²) in [6.07, 6.45) is 4.22. The Kier molecular flexibility index (Phi) is 5.69. The summed E-state index contributed by atoms with van der Waals surface area (Å²) in [5.41, 5.74) is 2.77. The number of ether oxygens (including phenoxy) is 2. The number of amidine groups is 1. The van der Waals surface area contributed by atoms with Crippen LogP contribution in [0.3, 0.4) is 0 Å². The lowest BCUT2D eigenvalue weighted by Crippen LogP contribution is -3.00. The van der Waals surface area contributed by atoms with Gasteiger partial charge >= 0.3 is 5.17 Å². The maximum atomic E-state index is 5.56. The molecule has 4 nitrogen and oxygen atoms in total. The molecule has 0 aliphatic carbocycles. The summed E-state index contributed by atoms with van der Waals surface area (Å²) in [5.74, 6) is 1.64. The second kappa shape index (κ2) is 6.94. The molecule has 0 fully saturated rings. The Balaban J connectivity index is 0.00000208. The molecule has 0 aromatic heterocycles. The first kappa shape index (κ1) is 19.7. The normalized spacial score (nSPS) is 24.2. The van der Waals surface area contributed by atoms with Crippen LogP contribution in [-0.4, -0.2) is 42.3 Å². The van der Waals surface area contributed by atoms with Crippen LogP contribution in [0.2, 0.25) is 0 Å². The van der Waals surface area contributed by atoms with Crippen molar-refractivity contribution in [2.24, 2.45) is 0 Å². The van der Waals surface area contributed by atoms with Gasteiger partial charge in [-0.2, -0.15) is 0 Å². The van der Waals surface area contributed by atoms with E-state index in [2.05, 4.69) is 49.1 Å². The molecule has 0 saturated carbocycles. The van der Waals surface area contributed by atoms with E-state index in [4.69, 9.17) is 9.47 Å². The summed E-state index contributed by atoms with van der Waals surface area (Å²) in [6, 6.07) is 4.34. The van der Waals surface area contributed by atoms with E-state index in [9.17, 15) is 0 Å². The van der Waals surface area contributed by atoms with E-state index in [1.165, 1.54) is 16.3 Å². The third-order valence-electron chi connectivity index (χ3n) is 5.06. The molecular weight excluding hydrogens is 435 g/mol. The number of methoxy groups -OCH3 is 2. The Hall–Kier alpha value is -0.630. The predicted molar refractivity (Wildman–Crippen MR) is 96.1 cm³/mol. The van der Waals surface area contributed by atoms with Crippen molar-refractivity contribution in [2.75, 3.05) is 27.0 Å². The molecule has 134 valence electrons. The van der Waals surface area contributed by atoms with Gasteiger partial charge in [-0.3, -0.25) is 5.32 Å². The van der Waals surface area contributed by atoms with Gasteiger partial charge in [0.15, 0.2) is 11.5 Å². The molecule has 0 radical (unpaired) electrons.